The average molecular weight is 112 g/mol. The van der Waals surface area contributed by atoms with Gasteiger partial charge in [-0.25, -0.2) is 0 Å². The molecule has 37 valence electrons. The van der Waals surface area contributed by atoms with Crippen LogP contribution in [0.2, 0.25) is 0 Å². The summed E-state index contributed by atoms with van der Waals surface area (Å²) in [4.78, 5) is 0. The molecule has 1 heterocycles. The van der Waals surface area contributed by atoms with E-state index in [1.165, 1.54) is 0 Å². The summed E-state index contributed by atoms with van der Waals surface area (Å²) in [5.74, 6) is 0.968. The lowest BCUT2D eigenvalue weighted by Crippen LogP contribution is -1.82. The second-order valence-electron chi connectivity index (χ2n) is 1.30. The lowest BCUT2D eigenvalue weighted by atomic mass is 10.4. The Morgan fingerprint density at radius 2 is 2.57 bits per heavy atom. The first kappa shape index (κ1) is 4.78. The van der Waals surface area contributed by atoms with Crippen LogP contribution in [0.4, 0.5) is 0 Å². The molecular formula is C5H6NS. The lowest BCUT2D eigenvalue weighted by Gasteiger charge is -1.95. The van der Waals surface area contributed by atoms with Crippen molar-refractivity contribution in [2.75, 3.05) is 5.75 Å². The zero-order valence-electron chi connectivity index (χ0n) is 3.85. The third kappa shape index (κ3) is 1.27. The third-order valence-electron chi connectivity index (χ3n) is 0.743. The Morgan fingerprint density at radius 3 is 2.86 bits per heavy atom. The van der Waals surface area contributed by atoms with Gasteiger partial charge in [0.25, 0.3) is 0 Å². The summed E-state index contributed by atoms with van der Waals surface area (Å²) in [7, 11) is 0. The van der Waals surface area contributed by atoms with Gasteiger partial charge in [0.2, 0.25) is 0 Å². The van der Waals surface area contributed by atoms with Gasteiger partial charge in [-0.2, -0.15) is 0 Å². The zero-order valence-corrected chi connectivity index (χ0v) is 4.66. The molecule has 0 unspecified atom stereocenters. The molecule has 0 bridgehead atoms. The Kier molecular flexibility index (Phi) is 1.42. The van der Waals surface area contributed by atoms with Crippen molar-refractivity contribution in [2.45, 2.75) is 0 Å². The molecule has 1 N–H and O–H groups in total. The Hall–Kier alpha value is -0.370. The number of allylic oxidation sites excluding steroid dienone is 1. The first-order valence-electron chi connectivity index (χ1n) is 2.09. The topological polar surface area (TPSA) is 23.8 Å². The van der Waals surface area contributed by atoms with Crippen molar-refractivity contribution < 1.29 is 0 Å². The van der Waals surface area contributed by atoms with Gasteiger partial charge in [0.05, 0.1) is 5.70 Å². The van der Waals surface area contributed by atoms with Gasteiger partial charge in [0.1, 0.15) is 0 Å². The zero-order chi connectivity index (χ0) is 5.11. The molecule has 7 heavy (non-hydrogen) atoms. The van der Waals surface area contributed by atoms with Crippen LogP contribution in [0, 0.1) is 0 Å². The van der Waals surface area contributed by atoms with Crippen LogP contribution in [-0.2, 0) is 0 Å². The van der Waals surface area contributed by atoms with Gasteiger partial charge in [-0.05, 0) is 17.6 Å². The summed E-state index contributed by atoms with van der Waals surface area (Å²) in [5, 5.41) is 1.95. The maximum absolute atomic E-state index is 7.03. The van der Waals surface area contributed by atoms with E-state index >= 15 is 0 Å². The summed E-state index contributed by atoms with van der Waals surface area (Å²) in [6.07, 6.45) is 3.69. The molecule has 0 spiro atoms. The summed E-state index contributed by atoms with van der Waals surface area (Å²) in [6.45, 7) is 0. The summed E-state index contributed by atoms with van der Waals surface area (Å²) in [6, 6.07) is 0. The average Bonchev–Trinajstić information content (AvgIpc) is 1.69. The molecule has 0 saturated heterocycles. The van der Waals surface area contributed by atoms with Crippen LogP contribution < -0.4 is 5.73 Å². The summed E-state index contributed by atoms with van der Waals surface area (Å²) >= 11 is 1.72. The molecule has 1 aliphatic heterocycles. The van der Waals surface area contributed by atoms with E-state index in [0.717, 1.165) is 5.75 Å². The van der Waals surface area contributed by atoms with Gasteiger partial charge < -0.3 is 5.73 Å². The molecule has 0 aliphatic carbocycles. The van der Waals surface area contributed by atoms with Crippen molar-refractivity contribution in [3.05, 3.63) is 23.3 Å². The Bertz CT molecular complexity index is 115. The SMILES string of the molecule is [NH]C1=CCSC=C1. The van der Waals surface area contributed by atoms with E-state index in [-0.39, 0.29) is 0 Å². The van der Waals surface area contributed by atoms with Crippen molar-refractivity contribution >= 4 is 11.8 Å². The first-order chi connectivity index (χ1) is 3.39. The van der Waals surface area contributed by atoms with E-state index < -0.39 is 0 Å². The molecule has 1 aliphatic rings. The largest absolute Gasteiger partial charge is 0.301 e. The third-order valence-corrected chi connectivity index (χ3v) is 1.43. The Morgan fingerprint density at radius 1 is 1.71 bits per heavy atom. The Labute approximate surface area is 47.3 Å². The maximum Gasteiger partial charge on any atom is 0.0513 e. The minimum absolute atomic E-state index is 0.638. The molecule has 1 radical (unpaired) electrons. The predicted molar refractivity (Wildman–Crippen MR) is 32.8 cm³/mol. The molecule has 0 aromatic rings. The van der Waals surface area contributed by atoms with Crippen molar-refractivity contribution in [3.63, 3.8) is 0 Å². The highest BCUT2D eigenvalue weighted by molar-refractivity contribution is 8.02. The number of thioether (sulfide) groups is 1. The standard InChI is InChI=1S/C5H6NS/c6-5-1-3-7-4-2-5/h1-3,6H,4H2. The smallest absolute Gasteiger partial charge is 0.0513 e. The molecular weight excluding hydrogens is 106 g/mol. The molecule has 1 nitrogen and oxygen atoms in total. The van der Waals surface area contributed by atoms with E-state index in [0.29, 0.717) is 5.70 Å². The van der Waals surface area contributed by atoms with E-state index in [9.17, 15) is 0 Å². The quantitative estimate of drug-likeness (QED) is 0.465. The van der Waals surface area contributed by atoms with E-state index in [1.807, 2.05) is 11.5 Å². The fourth-order valence-corrected chi connectivity index (χ4v) is 1.01. The number of hydrogen-bond acceptors (Lipinski definition) is 1. The van der Waals surface area contributed by atoms with Crippen LogP contribution >= 0.6 is 11.8 Å². The van der Waals surface area contributed by atoms with Gasteiger partial charge in [-0.3, -0.25) is 0 Å². The fourth-order valence-electron chi connectivity index (χ4n) is 0.383. The van der Waals surface area contributed by atoms with E-state index in [1.54, 1.807) is 17.8 Å². The van der Waals surface area contributed by atoms with Crippen molar-refractivity contribution in [1.82, 2.24) is 5.73 Å². The van der Waals surface area contributed by atoms with Crippen LogP contribution in [0.1, 0.15) is 0 Å². The molecule has 0 aromatic heterocycles. The van der Waals surface area contributed by atoms with Crippen LogP contribution in [0.3, 0.4) is 0 Å². The lowest BCUT2D eigenvalue weighted by molar-refractivity contribution is 1.34. The summed E-state index contributed by atoms with van der Waals surface area (Å²) < 4.78 is 0. The fraction of sp³-hybridized carbons (Fsp3) is 0.200. The van der Waals surface area contributed by atoms with Gasteiger partial charge in [0, 0.05) is 5.75 Å². The highest BCUT2D eigenvalue weighted by Crippen LogP contribution is 2.10. The van der Waals surface area contributed by atoms with E-state index in [2.05, 4.69) is 0 Å². The normalized spacial score (nSPS) is 19.1. The minimum atomic E-state index is 0.638. The predicted octanol–water partition coefficient (Wildman–Crippen LogP) is 1.41. The number of nitrogens with one attached hydrogen (secondary N) is 1. The van der Waals surface area contributed by atoms with Crippen LogP contribution in [0.25, 0.3) is 0 Å². The molecule has 0 amide bonds. The molecule has 0 atom stereocenters. The number of hydrogen-bond donors (Lipinski definition) is 0. The van der Waals surface area contributed by atoms with Crippen LogP contribution in [0.15, 0.2) is 23.3 Å². The first-order valence-corrected chi connectivity index (χ1v) is 3.14. The second-order valence-corrected chi connectivity index (χ2v) is 2.23. The molecule has 0 saturated carbocycles. The Balaban J connectivity index is 2.58. The second kappa shape index (κ2) is 2.07. The van der Waals surface area contributed by atoms with Gasteiger partial charge in [-0.15, -0.1) is 11.8 Å². The maximum atomic E-state index is 7.03. The van der Waals surface area contributed by atoms with Gasteiger partial charge in [0.15, 0.2) is 0 Å². The van der Waals surface area contributed by atoms with Crippen molar-refractivity contribution in [3.8, 4) is 0 Å². The summed E-state index contributed by atoms with van der Waals surface area (Å²) in [5.41, 5.74) is 7.67. The van der Waals surface area contributed by atoms with Crippen molar-refractivity contribution in [2.24, 2.45) is 0 Å². The number of rotatable bonds is 0. The highest BCUT2D eigenvalue weighted by atomic mass is 32.2. The van der Waals surface area contributed by atoms with Crippen LogP contribution in [0.5, 0.6) is 0 Å². The molecule has 1 rings (SSSR count). The minimum Gasteiger partial charge on any atom is -0.301 e. The molecule has 2 heteroatoms. The van der Waals surface area contributed by atoms with Gasteiger partial charge >= 0.3 is 0 Å². The molecule has 0 fully saturated rings. The molecule has 0 aromatic carbocycles. The van der Waals surface area contributed by atoms with Crippen molar-refractivity contribution in [1.29, 1.82) is 0 Å². The monoisotopic (exact) mass is 112 g/mol. The van der Waals surface area contributed by atoms with Gasteiger partial charge in [-0.1, -0.05) is 0 Å². The highest BCUT2D eigenvalue weighted by Gasteiger charge is 1.88. The van der Waals surface area contributed by atoms with Crippen LogP contribution in [-0.4, -0.2) is 5.75 Å². The van der Waals surface area contributed by atoms with E-state index in [4.69, 9.17) is 5.73 Å².